The van der Waals surface area contributed by atoms with E-state index in [9.17, 15) is 26.4 Å². The molecule has 2 aromatic rings. The Bertz CT molecular complexity index is 1030. The van der Waals surface area contributed by atoms with Crippen molar-refractivity contribution in [2.45, 2.75) is 31.5 Å². The van der Waals surface area contributed by atoms with Crippen molar-refractivity contribution in [3.63, 3.8) is 0 Å². The molecule has 10 heteroatoms. The maximum absolute atomic E-state index is 12.9. The molecular formula is C21H23F3N2O4S. The fourth-order valence-corrected chi connectivity index (χ4v) is 5.39. The highest BCUT2D eigenvalue weighted by atomic mass is 32.2. The fraction of sp³-hybridized carbons (Fsp3) is 0.381. The number of hydrogen-bond donors (Lipinski definition) is 1. The number of alkyl halides is 3. The number of piperidine rings is 1. The summed E-state index contributed by atoms with van der Waals surface area (Å²) in [5.74, 6) is -0.733. The van der Waals surface area contributed by atoms with Gasteiger partial charge in [0.05, 0.1) is 10.6 Å². The molecule has 6 nitrogen and oxygen atoms in total. The first-order chi connectivity index (χ1) is 14.5. The standard InChI is InChI=1S/C21H23F3N2O4S/c1-14-11-15(2)13-26(12-14)31(28,29)17-9-7-16(8-10-17)20(27)25-18-5-3-4-6-19(18)30-21(22,23)24/h3-10,14-15H,11-13H2,1-2H3,(H,25,27). The van der Waals surface area contributed by atoms with Crippen LogP contribution < -0.4 is 10.1 Å². The van der Waals surface area contributed by atoms with Crippen molar-refractivity contribution in [2.75, 3.05) is 18.4 Å². The van der Waals surface area contributed by atoms with Crippen LogP contribution in [-0.2, 0) is 10.0 Å². The quantitative estimate of drug-likeness (QED) is 0.719. The lowest BCUT2D eigenvalue weighted by molar-refractivity contribution is -0.274. The predicted molar refractivity (Wildman–Crippen MR) is 109 cm³/mol. The molecule has 0 spiro atoms. The largest absolute Gasteiger partial charge is 0.573 e. The molecule has 2 unspecified atom stereocenters. The van der Waals surface area contributed by atoms with Crippen LogP contribution >= 0.6 is 0 Å². The second-order valence-corrected chi connectivity index (χ2v) is 9.73. The summed E-state index contributed by atoms with van der Waals surface area (Å²) in [7, 11) is -3.70. The van der Waals surface area contributed by atoms with Gasteiger partial charge in [-0.1, -0.05) is 26.0 Å². The molecule has 1 saturated heterocycles. The minimum absolute atomic E-state index is 0.0613. The molecule has 1 heterocycles. The molecular weight excluding hydrogens is 433 g/mol. The number of carbonyl (C=O) groups excluding carboxylic acids is 1. The maximum Gasteiger partial charge on any atom is 0.573 e. The van der Waals surface area contributed by atoms with E-state index in [2.05, 4.69) is 10.1 Å². The lowest BCUT2D eigenvalue weighted by atomic mass is 9.94. The van der Waals surface area contributed by atoms with Crippen molar-refractivity contribution >= 4 is 21.6 Å². The van der Waals surface area contributed by atoms with Crippen molar-refractivity contribution in [1.82, 2.24) is 4.31 Å². The SMILES string of the molecule is CC1CC(C)CN(S(=O)(=O)c2ccc(C(=O)Nc3ccccc3OC(F)(F)F)cc2)C1. The van der Waals surface area contributed by atoms with Crippen LogP contribution in [0.1, 0.15) is 30.6 Å². The normalized spacial score (nSPS) is 20.3. The number of benzene rings is 2. The third kappa shape index (κ3) is 5.76. The van der Waals surface area contributed by atoms with Gasteiger partial charge in [0, 0.05) is 18.7 Å². The molecule has 0 saturated carbocycles. The molecule has 31 heavy (non-hydrogen) atoms. The Labute approximate surface area is 179 Å². The van der Waals surface area contributed by atoms with Crippen LogP contribution in [0.25, 0.3) is 0 Å². The Morgan fingerprint density at radius 2 is 1.61 bits per heavy atom. The summed E-state index contributed by atoms with van der Waals surface area (Å²) in [4.78, 5) is 12.5. The molecule has 3 rings (SSSR count). The Morgan fingerprint density at radius 1 is 1.03 bits per heavy atom. The van der Waals surface area contributed by atoms with Crippen molar-refractivity contribution in [2.24, 2.45) is 11.8 Å². The van der Waals surface area contributed by atoms with Crippen LogP contribution in [0.15, 0.2) is 53.4 Å². The number of para-hydroxylation sites is 2. The molecule has 1 aliphatic rings. The molecule has 1 fully saturated rings. The minimum atomic E-state index is -4.90. The summed E-state index contributed by atoms with van der Waals surface area (Å²) in [5, 5.41) is 2.36. The molecule has 1 N–H and O–H groups in total. The number of halogens is 3. The molecule has 0 aliphatic carbocycles. The van der Waals surface area contributed by atoms with Crippen molar-refractivity contribution in [1.29, 1.82) is 0 Å². The first-order valence-corrected chi connectivity index (χ1v) is 11.2. The summed E-state index contributed by atoms with van der Waals surface area (Å²) in [5.41, 5.74) is -0.0565. The second kappa shape index (κ2) is 8.88. The number of carbonyl (C=O) groups is 1. The van der Waals surface area contributed by atoms with Crippen molar-refractivity contribution in [3.8, 4) is 5.75 Å². The lowest BCUT2D eigenvalue weighted by Gasteiger charge is -2.34. The third-order valence-corrected chi connectivity index (χ3v) is 6.80. The van der Waals surface area contributed by atoms with Crippen molar-refractivity contribution < 1.29 is 31.1 Å². The molecule has 0 radical (unpaired) electrons. The molecule has 2 atom stereocenters. The number of amides is 1. The average molecular weight is 456 g/mol. The Hall–Kier alpha value is -2.59. The number of rotatable bonds is 5. The molecule has 1 amide bonds. The molecule has 1 aliphatic heterocycles. The van der Waals surface area contributed by atoms with Crippen LogP contribution in [0.4, 0.5) is 18.9 Å². The van der Waals surface area contributed by atoms with Gasteiger partial charge in [-0.3, -0.25) is 4.79 Å². The first-order valence-electron chi connectivity index (χ1n) is 9.72. The zero-order valence-electron chi connectivity index (χ0n) is 17.0. The highest BCUT2D eigenvalue weighted by molar-refractivity contribution is 7.89. The fourth-order valence-electron chi connectivity index (χ4n) is 3.71. The van der Waals surface area contributed by atoms with Gasteiger partial charge >= 0.3 is 6.36 Å². The first kappa shape index (κ1) is 23.1. The van der Waals surface area contributed by atoms with E-state index in [0.29, 0.717) is 13.1 Å². The van der Waals surface area contributed by atoms with Gasteiger partial charge in [-0.2, -0.15) is 4.31 Å². The number of ether oxygens (including phenoxy) is 1. The topological polar surface area (TPSA) is 75.7 Å². The zero-order valence-corrected chi connectivity index (χ0v) is 17.8. The van der Waals surface area contributed by atoms with E-state index in [1.165, 1.54) is 46.8 Å². The smallest absolute Gasteiger partial charge is 0.404 e. The minimum Gasteiger partial charge on any atom is -0.404 e. The van der Waals surface area contributed by atoms with Crippen LogP contribution in [0.3, 0.4) is 0 Å². The van der Waals surface area contributed by atoms with Gasteiger partial charge in [0.15, 0.2) is 5.75 Å². The average Bonchev–Trinajstić information content (AvgIpc) is 2.67. The number of nitrogens with zero attached hydrogens (tertiary/aromatic N) is 1. The van der Waals surface area contributed by atoms with Gasteiger partial charge in [0.25, 0.3) is 5.91 Å². The number of hydrogen-bond acceptors (Lipinski definition) is 4. The van der Waals surface area contributed by atoms with Gasteiger partial charge in [0.1, 0.15) is 0 Å². The monoisotopic (exact) mass is 456 g/mol. The van der Waals surface area contributed by atoms with E-state index in [4.69, 9.17) is 0 Å². The van der Waals surface area contributed by atoms with E-state index < -0.39 is 28.0 Å². The second-order valence-electron chi connectivity index (χ2n) is 7.79. The summed E-state index contributed by atoms with van der Waals surface area (Å²) >= 11 is 0. The lowest BCUT2D eigenvalue weighted by Crippen LogP contribution is -2.42. The molecule has 0 bridgehead atoms. The van der Waals surface area contributed by atoms with Crippen molar-refractivity contribution in [3.05, 3.63) is 54.1 Å². The number of nitrogens with one attached hydrogen (secondary N) is 1. The maximum atomic E-state index is 12.9. The van der Waals surface area contributed by atoms with E-state index in [1.807, 2.05) is 13.8 Å². The Morgan fingerprint density at radius 3 is 2.19 bits per heavy atom. The zero-order chi connectivity index (χ0) is 22.8. The van der Waals surface area contributed by atoms with Gasteiger partial charge < -0.3 is 10.1 Å². The van der Waals surface area contributed by atoms with E-state index >= 15 is 0 Å². The van der Waals surface area contributed by atoms with Crippen LogP contribution in [0, 0.1) is 11.8 Å². The summed E-state index contributed by atoms with van der Waals surface area (Å²) in [6.07, 6.45) is -3.94. The van der Waals surface area contributed by atoms with E-state index in [1.54, 1.807) is 0 Å². The van der Waals surface area contributed by atoms with Gasteiger partial charge in [-0.25, -0.2) is 8.42 Å². The van der Waals surface area contributed by atoms with E-state index in [0.717, 1.165) is 12.5 Å². The molecule has 0 aromatic heterocycles. The van der Waals surface area contributed by atoms with E-state index in [-0.39, 0.29) is 28.0 Å². The number of sulfonamides is 1. The van der Waals surface area contributed by atoms with Gasteiger partial charge in [-0.05, 0) is 54.7 Å². The third-order valence-electron chi connectivity index (χ3n) is 4.95. The summed E-state index contributed by atoms with van der Waals surface area (Å²) in [6.45, 7) is 4.88. The predicted octanol–water partition coefficient (Wildman–Crippen LogP) is 4.50. The highest BCUT2D eigenvalue weighted by Crippen LogP contribution is 2.31. The molecule has 2 aromatic carbocycles. The molecule has 168 valence electrons. The van der Waals surface area contributed by atoms with Gasteiger partial charge in [0.2, 0.25) is 10.0 Å². The van der Waals surface area contributed by atoms with Crippen LogP contribution in [0.5, 0.6) is 5.75 Å². The summed E-state index contributed by atoms with van der Waals surface area (Å²) in [6, 6.07) is 10.5. The van der Waals surface area contributed by atoms with Crippen LogP contribution in [-0.4, -0.2) is 38.1 Å². The van der Waals surface area contributed by atoms with Gasteiger partial charge in [-0.15, -0.1) is 13.2 Å². The highest BCUT2D eigenvalue weighted by Gasteiger charge is 2.33. The Balaban J connectivity index is 1.76. The van der Waals surface area contributed by atoms with Crippen LogP contribution in [0.2, 0.25) is 0 Å². The Kier molecular flexibility index (Phi) is 6.61. The number of anilines is 1. The summed E-state index contributed by atoms with van der Waals surface area (Å²) < 4.78 is 68.9.